The van der Waals surface area contributed by atoms with Crippen LogP contribution in [0.5, 0.6) is 0 Å². The van der Waals surface area contributed by atoms with Crippen LogP contribution in [-0.4, -0.2) is 96.7 Å². The largest absolute Gasteiger partial charge is 0.472 e. The molecule has 0 saturated carbocycles. The van der Waals surface area contributed by atoms with Crippen LogP contribution in [0.4, 0.5) is 0 Å². The van der Waals surface area contributed by atoms with Crippen molar-refractivity contribution in [3.05, 3.63) is 0 Å². The van der Waals surface area contributed by atoms with E-state index >= 15 is 0 Å². The molecule has 0 radical (unpaired) electrons. The van der Waals surface area contributed by atoms with E-state index in [1.165, 1.54) is 225 Å². The molecule has 6 atom stereocenters. The molecule has 19 heteroatoms. The van der Waals surface area contributed by atoms with Gasteiger partial charge in [0.05, 0.1) is 26.4 Å². The molecule has 0 bridgehead atoms. The van der Waals surface area contributed by atoms with Gasteiger partial charge < -0.3 is 33.8 Å². The molecule has 0 heterocycles. The van der Waals surface area contributed by atoms with Gasteiger partial charge in [0, 0.05) is 25.7 Å². The average molecular weight is 1450 g/mol. The summed E-state index contributed by atoms with van der Waals surface area (Å²) in [6.07, 6.45) is 58.1. The molecule has 99 heavy (non-hydrogen) atoms. The molecule has 0 rings (SSSR count). The van der Waals surface area contributed by atoms with E-state index in [9.17, 15) is 43.2 Å². The minimum absolute atomic E-state index is 0.107. The molecule has 0 amide bonds. The quantitative estimate of drug-likeness (QED) is 0.0222. The molecular weight excluding hydrogens is 1290 g/mol. The lowest BCUT2D eigenvalue weighted by atomic mass is 9.99. The van der Waals surface area contributed by atoms with Crippen molar-refractivity contribution in [2.45, 2.75) is 433 Å². The van der Waals surface area contributed by atoms with Gasteiger partial charge in [-0.05, 0) is 43.4 Å². The van der Waals surface area contributed by atoms with Crippen molar-refractivity contribution in [3.63, 3.8) is 0 Å². The van der Waals surface area contributed by atoms with Crippen molar-refractivity contribution in [2.75, 3.05) is 39.6 Å². The summed E-state index contributed by atoms with van der Waals surface area (Å²) in [5, 5.41) is 10.6. The number of unbranched alkanes of at least 4 members (excludes halogenated alkanes) is 45. The second-order valence-electron chi connectivity index (χ2n) is 30.0. The van der Waals surface area contributed by atoms with Gasteiger partial charge in [0.25, 0.3) is 0 Å². The van der Waals surface area contributed by atoms with Crippen molar-refractivity contribution >= 4 is 39.5 Å². The van der Waals surface area contributed by atoms with Gasteiger partial charge >= 0.3 is 39.5 Å². The minimum atomic E-state index is -4.96. The van der Waals surface area contributed by atoms with E-state index in [-0.39, 0.29) is 25.7 Å². The summed E-state index contributed by atoms with van der Waals surface area (Å²) in [7, 11) is -9.92. The van der Waals surface area contributed by atoms with Crippen LogP contribution in [0.25, 0.3) is 0 Å². The number of carbonyl (C=O) groups excluding carboxylic acids is 4. The molecular formula is C80H156O17P2. The van der Waals surface area contributed by atoms with Crippen LogP contribution in [0.3, 0.4) is 0 Å². The Morgan fingerprint density at radius 3 is 0.768 bits per heavy atom. The molecule has 3 unspecified atom stereocenters. The number of aliphatic hydroxyl groups is 1. The maximum Gasteiger partial charge on any atom is 0.472 e. The maximum atomic E-state index is 13.1. The van der Waals surface area contributed by atoms with E-state index < -0.39 is 97.5 Å². The van der Waals surface area contributed by atoms with Crippen LogP contribution >= 0.6 is 15.6 Å². The Morgan fingerprint density at radius 1 is 0.293 bits per heavy atom. The number of phosphoric ester groups is 2. The highest BCUT2D eigenvalue weighted by Gasteiger charge is 2.30. The number of phosphoric acid groups is 2. The molecule has 3 N–H and O–H groups in total. The fourth-order valence-corrected chi connectivity index (χ4v) is 13.9. The van der Waals surface area contributed by atoms with Crippen LogP contribution in [0.2, 0.25) is 0 Å². The number of aliphatic hydroxyl groups excluding tert-OH is 1. The molecule has 0 aromatic rings. The normalized spacial score (nSPS) is 14.3. The number of hydrogen-bond donors (Lipinski definition) is 3. The summed E-state index contributed by atoms with van der Waals surface area (Å²) in [5.41, 5.74) is 0. The summed E-state index contributed by atoms with van der Waals surface area (Å²) >= 11 is 0. The second kappa shape index (κ2) is 70.4. The third-order valence-electron chi connectivity index (χ3n) is 19.0. The van der Waals surface area contributed by atoms with E-state index in [1.807, 2.05) is 0 Å². The van der Waals surface area contributed by atoms with Gasteiger partial charge in [-0.3, -0.25) is 37.3 Å². The number of rotatable bonds is 78. The Labute approximate surface area is 607 Å². The van der Waals surface area contributed by atoms with Gasteiger partial charge in [0.2, 0.25) is 0 Å². The van der Waals surface area contributed by atoms with E-state index in [4.69, 9.17) is 37.0 Å². The third kappa shape index (κ3) is 72.8. The van der Waals surface area contributed by atoms with E-state index in [0.29, 0.717) is 25.7 Å². The first kappa shape index (κ1) is 97.1. The zero-order chi connectivity index (χ0) is 73.0. The first-order valence-corrected chi connectivity index (χ1v) is 44.4. The summed E-state index contributed by atoms with van der Waals surface area (Å²) in [6, 6.07) is 0. The molecule has 0 saturated heterocycles. The summed E-state index contributed by atoms with van der Waals surface area (Å²) in [6.45, 7) is 12.0. The first-order valence-electron chi connectivity index (χ1n) is 41.4. The lowest BCUT2D eigenvalue weighted by Gasteiger charge is -2.21. The third-order valence-corrected chi connectivity index (χ3v) is 20.9. The zero-order valence-electron chi connectivity index (χ0n) is 65.0. The van der Waals surface area contributed by atoms with E-state index in [2.05, 4.69) is 48.5 Å². The Kier molecular flexibility index (Phi) is 69.0. The van der Waals surface area contributed by atoms with Gasteiger partial charge in [-0.2, -0.15) is 0 Å². The minimum Gasteiger partial charge on any atom is -0.462 e. The maximum absolute atomic E-state index is 13.1. The topological polar surface area (TPSA) is 237 Å². The molecule has 0 aromatic carbocycles. The lowest BCUT2D eigenvalue weighted by molar-refractivity contribution is -0.161. The molecule has 0 aliphatic heterocycles. The van der Waals surface area contributed by atoms with Gasteiger partial charge in [-0.25, -0.2) is 9.13 Å². The SMILES string of the molecule is CCCCCCCCCCCCCCCCCC(=O)O[C@H](COC(=O)CCCCCCCCCCC(C)CC)COP(=O)(O)OC[C@H](O)COP(=O)(O)OC[C@@H](COC(=O)CCCCCCCCCCCCCCC(C)C)OC(=O)CCCCCCCCCCCCCCCCC(C)C. The fraction of sp³-hybridized carbons (Fsp3) is 0.950. The smallest absolute Gasteiger partial charge is 0.462 e. The van der Waals surface area contributed by atoms with Gasteiger partial charge in [-0.1, -0.05) is 363 Å². The van der Waals surface area contributed by atoms with Crippen molar-refractivity contribution in [1.29, 1.82) is 0 Å². The van der Waals surface area contributed by atoms with E-state index in [0.717, 1.165) is 108 Å². The number of esters is 4. The molecule has 0 aliphatic carbocycles. The molecule has 0 aliphatic rings. The zero-order valence-corrected chi connectivity index (χ0v) is 66.8. The summed E-state index contributed by atoms with van der Waals surface area (Å²) in [4.78, 5) is 73.0. The first-order chi connectivity index (χ1) is 47.8. The molecule has 0 spiro atoms. The van der Waals surface area contributed by atoms with Crippen LogP contribution in [0.15, 0.2) is 0 Å². The van der Waals surface area contributed by atoms with Crippen molar-refractivity contribution < 1.29 is 80.2 Å². The Hall–Kier alpha value is -1.94. The number of ether oxygens (including phenoxy) is 4. The molecule has 17 nitrogen and oxygen atoms in total. The Bertz CT molecular complexity index is 1920. The monoisotopic (exact) mass is 1450 g/mol. The highest BCUT2D eigenvalue weighted by molar-refractivity contribution is 7.47. The van der Waals surface area contributed by atoms with Gasteiger partial charge in [0.15, 0.2) is 12.2 Å². The van der Waals surface area contributed by atoms with Crippen molar-refractivity contribution in [1.82, 2.24) is 0 Å². The summed E-state index contributed by atoms with van der Waals surface area (Å²) < 4.78 is 68.7. The van der Waals surface area contributed by atoms with Gasteiger partial charge in [0.1, 0.15) is 19.3 Å². The van der Waals surface area contributed by atoms with Crippen molar-refractivity contribution in [3.8, 4) is 0 Å². The van der Waals surface area contributed by atoms with Crippen LogP contribution in [0, 0.1) is 17.8 Å². The number of carbonyl (C=O) groups is 4. The van der Waals surface area contributed by atoms with Crippen LogP contribution in [0.1, 0.15) is 414 Å². The highest BCUT2D eigenvalue weighted by atomic mass is 31.2. The molecule has 588 valence electrons. The van der Waals surface area contributed by atoms with Gasteiger partial charge in [-0.15, -0.1) is 0 Å². The average Bonchev–Trinajstić information content (AvgIpc) is 1.13. The molecule has 0 fully saturated rings. The van der Waals surface area contributed by atoms with E-state index in [1.54, 1.807) is 0 Å². The highest BCUT2D eigenvalue weighted by Crippen LogP contribution is 2.45. The second-order valence-corrected chi connectivity index (χ2v) is 32.9. The van der Waals surface area contributed by atoms with Crippen LogP contribution in [-0.2, 0) is 65.4 Å². The standard InChI is InChI=1S/C80H156O17P2/c1-8-10-11-12-13-14-15-16-17-21-28-33-42-49-56-63-80(85)97-76(68-91-78(83)62-55-48-41-36-35-39-46-53-60-73(7)9-2)70-95-99(88,89)93-66-74(81)65-92-98(86,87)94-69-75(67-90-77(82)61-54-47-40-32-27-24-23-26-31-38-45-52-59-72(5)6)96-79(84)64-57-50-43-34-29-22-19-18-20-25-30-37-44-51-58-71(3)4/h71-76,81H,8-70H2,1-7H3,(H,86,87)(H,88,89)/t73?,74-,75-,76-/m1/s1. The van der Waals surface area contributed by atoms with Crippen molar-refractivity contribution in [2.24, 2.45) is 17.8 Å². The predicted octanol–water partition coefficient (Wildman–Crippen LogP) is 23.7. The number of hydrogen-bond acceptors (Lipinski definition) is 15. The Morgan fingerprint density at radius 2 is 0.515 bits per heavy atom. The Balaban J connectivity index is 5.27. The molecule has 0 aromatic heterocycles. The fourth-order valence-electron chi connectivity index (χ4n) is 12.3. The van der Waals surface area contributed by atoms with Crippen LogP contribution < -0.4 is 0 Å². The summed E-state index contributed by atoms with van der Waals surface area (Å²) in [5.74, 6) is 0.244. The lowest BCUT2D eigenvalue weighted by Crippen LogP contribution is -2.30. The predicted molar refractivity (Wildman–Crippen MR) is 405 cm³/mol.